The van der Waals surface area contributed by atoms with Crippen molar-refractivity contribution >= 4 is 5.97 Å². The van der Waals surface area contributed by atoms with Crippen molar-refractivity contribution in [3.8, 4) is 11.5 Å². The zero-order chi connectivity index (χ0) is 27.8. The van der Waals surface area contributed by atoms with Crippen LogP contribution in [0.2, 0.25) is 0 Å². The number of hydrogen-bond acceptors (Lipinski definition) is 3. The number of aromatic hydroxyl groups is 1. The predicted octanol–water partition coefficient (Wildman–Crippen LogP) is 11.2. The molecule has 1 rings (SSSR count). The number of carbonyl (C=O) groups excluding carboxylic acids is 1. The average Bonchev–Trinajstić information content (AvgIpc) is 2.92. The fourth-order valence-corrected chi connectivity index (χ4v) is 5.39. The quantitative estimate of drug-likeness (QED) is 0.0776. The van der Waals surface area contributed by atoms with E-state index in [1.807, 2.05) is 13.0 Å². The Morgan fingerprint density at radius 2 is 1.00 bits per heavy atom. The van der Waals surface area contributed by atoms with Crippen LogP contribution in [-0.2, 0) is 24.1 Å². The highest BCUT2D eigenvalue weighted by atomic mass is 16.5. The first-order valence-corrected chi connectivity index (χ1v) is 16.7. The molecular formula is C35H62O3. The molecule has 38 heavy (non-hydrogen) atoms. The van der Waals surface area contributed by atoms with E-state index >= 15 is 0 Å². The van der Waals surface area contributed by atoms with Crippen LogP contribution in [0.4, 0.5) is 0 Å². The first-order valence-electron chi connectivity index (χ1n) is 16.7. The van der Waals surface area contributed by atoms with Gasteiger partial charge in [0.15, 0.2) is 0 Å². The number of benzene rings is 1. The van der Waals surface area contributed by atoms with E-state index < -0.39 is 0 Å². The van der Waals surface area contributed by atoms with E-state index in [-0.39, 0.29) is 5.97 Å². The highest BCUT2D eigenvalue weighted by Crippen LogP contribution is 2.37. The van der Waals surface area contributed by atoms with Gasteiger partial charge in [-0.3, -0.25) is 4.79 Å². The van der Waals surface area contributed by atoms with Gasteiger partial charge in [-0.2, -0.15) is 0 Å². The summed E-state index contributed by atoms with van der Waals surface area (Å²) < 4.78 is 5.82. The van der Waals surface area contributed by atoms with Crippen LogP contribution in [-0.4, -0.2) is 11.1 Å². The molecule has 0 amide bonds. The van der Waals surface area contributed by atoms with E-state index in [9.17, 15) is 9.90 Å². The Kier molecular flexibility index (Phi) is 21.2. The molecule has 3 heteroatoms. The lowest BCUT2D eigenvalue weighted by atomic mass is 9.91. The van der Waals surface area contributed by atoms with E-state index in [2.05, 4.69) is 20.8 Å². The van der Waals surface area contributed by atoms with Gasteiger partial charge in [-0.15, -0.1) is 0 Å². The molecule has 0 aromatic heterocycles. The molecule has 0 bridgehead atoms. The van der Waals surface area contributed by atoms with Gasteiger partial charge in [0.2, 0.25) is 0 Å². The van der Waals surface area contributed by atoms with Crippen LogP contribution < -0.4 is 4.74 Å². The van der Waals surface area contributed by atoms with Gasteiger partial charge < -0.3 is 9.84 Å². The van der Waals surface area contributed by atoms with Crippen LogP contribution in [0.15, 0.2) is 6.07 Å². The molecule has 1 N–H and O–H groups in total. The van der Waals surface area contributed by atoms with Crippen LogP contribution in [0.5, 0.6) is 11.5 Å². The number of phenolic OH excluding ortho intramolecular Hbond substituents is 1. The largest absolute Gasteiger partial charge is 0.507 e. The molecule has 0 unspecified atom stereocenters. The summed E-state index contributed by atoms with van der Waals surface area (Å²) in [6, 6.07) is 1.95. The summed E-state index contributed by atoms with van der Waals surface area (Å²) in [6.45, 7) is 8.48. The fraction of sp³-hybridized carbons (Fsp3) is 0.800. The monoisotopic (exact) mass is 530 g/mol. The van der Waals surface area contributed by atoms with Gasteiger partial charge in [0.05, 0.1) is 0 Å². The number of hydrogen-bond donors (Lipinski definition) is 1. The number of phenols is 1. The van der Waals surface area contributed by atoms with Gasteiger partial charge >= 0.3 is 5.97 Å². The van der Waals surface area contributed by atoms with Crippen LogP contribution in [0.1, 0.15) is 179 Å². The maximum atomic E-state index is 12.2. The first-order chi connectivity index (χ1) is 18.6. The van der Waals surface area contributed by atoms with Crippen molar-refractivity contribution in [1.82, 2.24) is 0 Å². The highest BCUT2D eigenvalue weighted by molar-refractivity contribution is 5.73. The van der Waals surface area contributed by atoms with Gasteiger partial charge in [0.1, 0.15) is 11.5 Å². The Morgan fingerprint density at radius 1 is 0.579 bits per heavy atom. The summed E-state index contributed by atoms with van der Waals surface area (Å²) in [5, 5.41) is 11.1. The summed E-state index contributed by atoms with van der Waals surface area (Å²) >= 11 is 0. The third-order valence-electron chi connectivity index (χ3n) is 7.93. The Morgan fingerprint density at radius 3 is 1.47 bits per heavy atom. The zero-order valence-corrected chi connectivity index (χ0v) is 25.8. The topological polar surface area (TPSA) is 46.5 Å². The predicted molar refractivity (Wildman–Crippen MR) is 165 cm³/mol. The standard InChI is InChI=1S/C35H62O3/c1-5-9-12-13-14-15-16-17-18-19-20-21-22-23-24-25-28-31-32(27-11-7-3)35(37)30(26-10-6-2)29-33(31)38-34(36)8-4/h29,37H,5-28H2,1-4H3. The Bertz CT molecular complexity index is 724. The fourth-order valence-electron chi connectivity index (χ4n) is 5.39. The van der Waals surface area contributed by atoms with Gasteiger partial charge in [0, 0.05) is 17.5 Å². The van der Waals surface area contributed by atoms with Gasteiger partial charge in [-0.05, 0) is 50.2 Å². The summed E-state index contributed by atoms with van der Waals surface area (Å²) in [5.41, 5.74) is 3.04. The maximum Gasteiger partial charge on any atom is 0.310 e. The molecule has 0 fully saturated rings. The van der Waals surface area contributed by atoms with E-state index in [0.717, 1.165) is 68.1 Å². The van der Waals surface area contributed by atoms with E-state index in [4.69, 9.17) is 4.74 Å². The second-order valence-corrected chi connectivity index (χ2v) is 11.4. The van der Waals surface area contributed by atoms with Crippen molar-refractivity contribution in [1.29, 1.82) is 0 Å². The van der Waals surface area contributed by atoms with Crippen molar-refractivity contribution in [2.75, 3.05) is 0 Å². The molecular weight excluding hydrogens is 468 g/mol. The minimum atomic E-state index is -0.188. The SMILES string of the molecule is CCCCCCCCCCCCCCCCCCc1c(OC(=O)CC)cc(CCCC)c(O)c1CCCC. The minimum absolute atomic E-state index is 0.188. The van der Waals surface area contributed by atoms with Gasteiger partial charge in [0.25, 0.3) is 0 Å². The lowest BCUT2D eigenvalue weighted by Crippen LogP contribution is -2.10. The lowest BCUT2D eigenvalue weighted by Gasteiger charge is -2.19. The molecule has 0 spiro atoms. The summed E-state index contributed by atoms with van der Waals surface area (Å²) in [4.78, 5) is 12.2. The zero-order valence-electron chi connectivity index (χ0n) is 25.8. The molecule has 0 atom stereocenters. The lowest BCUT2D eigenvalue weighted by molar-refractivity contribution is -0.134. The molecule has 220 valence electrons. The van der Waals surface area contributed by atoms with Crippen molar-refractivity contribution in [3.63, 3.8) is 0 Å². The number of carbonyl (C=O) groups is 1. The summed E-state index contributed by atoms with van der Waals surface area (Å²) in [6.07, 6.45) is 28.9. The molecule has 1 aromatic carbocycles. The number of unbranched alkanes of at least 4 members (excludes halogenated alkanes) is 17. The third kappa shape index (κ3) is 15.2. The molecule has 0 aliphatic rings. The molecule has 0 aliphatic carbocycles. The van der Waals surface area contributed by atoms with Crippen LogP contribution in [0.3, 0.4) is 0 Å². The number of aryl methyl sites for hydroxylation is 1. The smallest absolute Gasteiger partial charge is 0.310 e. The van der Waals surface area contributed by atoms with Crippen molar-refractivity contribution in [2.45, 2.75) is 182 Å². The van der Waals surface area contributed by atoms with Crippen LogP contribution in [0, 0.1) is 0 Å². The van der Waals surface area contributed by atoms with Crippen molar-refractivity contribution in [2.24, 2.45) is 0 Å². The Hall–Kier alpha value is -1.51. The van der Waals surface area contributed by atoms with Crippen molar-refractivity contribution < 1.29 is 14.6 Å². The molecule has 0 heterocycles. The molecule has 0 aliphatic heterocycles. The average molecular weight is 531 g/mol. The highest BCUT2D eigenvalue weighted by Gasteiger charge is 2.19. The molecule has 0 saturated carbocycles. The molecule has 1 aromatic rings. The van der Waals surface area contributed by atoms with E-state index in [1.54, 1.807) is 0 Å². The third-order valence-corrected chi connectivity index (χ3v) is 7.93. The first kappa shape index (κ1) is 34.5. The van der Waals surface area contributed by atoms with Gasteiger partial charge in [-0.1, -0.05) is 137 Å². The van der Waals surface area contributed by atoms with Gasteiger partial charge in [-0.25, -0.2) is 0 Å². The second-order valence-electron chi connectivity index (χ2n) is 11.4. The van der Waals surface area contributed by atoms with E-state index in [1.165, 1.54) is 96.3 Å². The maximum absolute atomic E-state index is 12.2. The Labute approximate surface area is 236 Å². The second kappa shape index (κ2) is 23.4. The summed E-state index contributed by atoms with van der Waals surface area (Å²) in [7, 11) is 0. The molecule has 0 saturated heterocycles. The minimum Gasteiger partial charge on any atom is -0.507 e. The molecule has 0 radical (unpaired) electrons. The normalized spacial score (nSPS) is 11.3. The van der Waals surface area contributed by atoms with E-state index in [0.29, 0.717) is 17.9 Å². The number of ether oxygens (including phenoxy) is 1. The van der Waals surface area contributed by atoms with Crippen LogP contribution >= 0.6 is 0 Å². The number of rotatable bonds is 25. The number of esters is 1. The van der Waals surface area contributed by atoms with Crippen molar-refractivity contribution in [3.05, 3.63) is 22.8 Å². The summed E-state index contributed by atoms with van der Waals surface area (Å²) in [5.74, 6) is 0.967. The van der Waals surface area contributed by atoms with Crippen LogP contribution in [0.25, 0.3) is 0 Å². The Balaban J connectivity index is 2.45. The molecule has 3 nitrogen and oxygen atoms in total.